The van der Waals surface area contributed by atoms with Gasteiger partial charge in [-0.25, -0.2) is 0 Å². The Hall–Kier alpha value is -2.88. The van der Waals surface area contributed by atoms with Gasteiger partial charge in [0.05, 0.1) is 7.11 Å². The minimum atomic E-state index is -0.264. The van der Waals surface area contributed by atoms with E-state index in [4.69, 9.17) is 4.74 Å². The number of nitrogens with zero attached hydrogens (tertiary/aromatic N) is 1. The molecule has 1 saturated heterocycles. The first kappa shape index (κ1) is 16.0. The molecule has 4 heteroatoms. The molecular formula is C20H19NO3. The van der Waals surface area contributed by atoms with Gasteiger partial charge in [-0.1, -0.05) is 42.5 Å². The number of benzene rings is 2. The highest BCUT2D eigenvalue weighted by Gasteiger charge is 2.33. The lowest BCUT2D eigenvalue weighted by Gasteiger charge is -2.13. The van der Waals surface area contributed by atoms with Crippen LogP contribution in [0, 0.1) is 0 Å². The molecule has 2 aromatic carbocycles. The number of rotatable bonds is 4. The summed E-state index contributed by atoms with van der Waals surface area (Å²) in [5, 5.41) is 0. The van der Waals surface area contributed by atoms with Gasteiger partial charge >= 0.3 is 0 Å². The number of ether oxygens (including phenoxy) is 1. The van der Waals surface area contributed by atoms with Crippen LogP contribution in [-0.4, -0.2) is 30.4 Å². The number of hydrogen-bond donors (Lipinski definition) is 0. The van der Waals surface area contributed by atoms with Gasteiger partial charge in [0.2, 0.25) is 5.91 Å². The largest absolute Gasteiger partial charge is 0.497 e. The summed E-state index contributed by atoms with van der Waals surface area (Å²) in [6.07, 6.45) is 3.55. The second kappa shape index (κ2) is 7.13. The van der Waals surface area contributed by atoms with Crippen LogP contribution in [0.15, 0.2) is 60.7 Å². The molecule has 0 aromatic heterocycles. The van der Waals surface area contributed by atoms with E-state index in [1.807, 2.05) is 54.6 Å². The van der Waals surface area contributed by atoms with E-state index >= 15 is 0 Å². The molecule has 2 aromatic rings. The molecule has 4 nitrogen and oxygen atoms in total. The summed E-state index contributed by atoms with van der Waals surface area (Å²) in [4.78, 5) is 25.8. The quantitative estimate of drug-likeness (QED) is 0.812. The lowest BCUT2D eigenvalue weighted by atomic mass is 9.98. The van der Waals surface area contributed by atoms with E-state index in [0.717, 1.165) is 16.9 Å². The van der Waals surface area contributed by atoms with Crippen LogP contribution >= 0.6 is 0 Å². The van der Waals surface area contributed by atoms with Crippen LogP contribution in [0.2, 0.25) is 0 Å². The molecule has 0 aliphatic carbocycles. The van der Waals surface area contributed by atoms with Crippen molar-refractivity contribution in [2.24, 2.45) is 0 Å². The molecule has 0 spiro atoms. The Morgan fingerprint density at radius 3 is 2.50 bits per heavy atom. The Balaban J connectivity index is 1.67. The molecule has 1 atom stereocenters. The number of hydrogen-bond acceptors (Lipinski definition) is 3. The maximum Gasteiger partial charge on any atom is 0.253 e. The lowest BCUT2D eigenvalue weighted by Crippen LogP contribution is -2.30. The molecule has 2 amide bonds. The predicted octanol–water partition coefficient (Wildman–Crippen LogP) is 3.25. The topological polar surface area (TPSA) is 46.6 Å². The van der Waals surface area contributed by atoms with Gasteiger partial charge < -0.3 is 4.74 Å². The van der Waals surface area contributed by atoms with Crippen LogP contribution in [0.3, 0.4) is 0 Å². The number of carbonyl (C=O) groups is 2. The number of carbonyl (C=O) groups excluding carboxylic acids is 2. The van der Waals surface area contributed by atoms with Crippen LogP contribution in [0.25, 0.3) is 6.08 Å². The average Bonchev–Trinajstić information content (AvgIpc) is 3.02. The van der Waals surface area contributed by atoms with Crippen LogP contribution < -0.4 is 4.74 Å². The van der Waals surface area contributed by atoms with E-state index in [-0.39, 0.29) is 17.7 Å². The summed E-state index contributed by atoms with van der Waals surface area (Å²) >= 11 is 0. The first-order valence-electron chi connectivity index (χ1n) is 7.89. The fraction of sp³-hybridized carbons (Fsp3) is 0.200. The van der Waals surface area contributed by atoms with E-state index in [2.05, 4.69) is 0 Å². The molecule has 0 bridgehead atoms. The Morgan fingerprint density at radius 2 is 1.83 bits per heavy atom. The third kappa shape index (κ3) is 3.54. The Bertz CT molecular complexity index is 750. The van der Waals surface area contributed by atoms with Crippen molar-refractivity contribution in [2.75, 3.05) is 13.7 Å². The van der Waals surface area contributed by atoms with Crippen molar-refractivity contribution in [1.29, 1.82) is 0 Å². The molecule has 1 fully saturated rings. The van der Waals surface area contributed by atoms with Gasteiger partial charge in [-0.2, -0.15) is 0 Å². The Morgan fingerprint density at radius 1 is 1.12 bits per heavy atom. The van der Waals surface area contributed by atoms with E-state index < -0.39 is 0 Å². The van der Waals surface area contributed by atoms with E-state index in [1.165, 1.54) is 11.0 Å². The highest BCUT2D eigenvalue weighted by Crippen LogP contribution is 2.29. The molecule has 0 N–H and O–H groups in total. The average molecular weight is 321 g/mol. The van der Waals surface area contributed by atoms with E-state index in [9.17, 15) is 9.59 Å². The highest BCUT2D eigenvalue weighted by molar-refractivity contribution is 6.04. The standard InChI is InChI=1S/C20H19NO3/c1-24-18-10-8-16(9-11-18)17-13-20(23)21(14-17)19(22)12-7-15-5-3-2-4-6-15/h2-12,17H,13-14H2,1H3/b12-7+. The second-order valence-corrected chi connectivity index (χ2v) is 5.76. The third-order valence-corrected chi connectivity index (χ3v) is 4.20. The van der Waals surface area contributed by atoms with Gasteiger partial charge in [0, 0.05) is 25.0 Å². The van der Waals surface area contributed by atoms with Crippen molar-refractivity contribution in [3.05, 3.63) is 71.8 Å². The van der Waals surface area contributed by atoms with Gasteiger partial charge in [0.25, 0.3) is 5.91 Å². The summed E-state index contributed by atoms with van der Waals surface area (Å²) in [7, 11) is 1.62. The van der Waals surface area contributed by atoms with E-state index in [1.54, 1.807) is 13.2 Å². The number of methoxy groups -OCH3 is 1. The minimum Gasteiger partial charge on any atom is -0.497 e. The first-order chi connectivity index (χ1) is 11.7. The smallest absolute Gasteiger partial charge is 0.253 e. The van der Waals surface area contributed by atoms with Crippen molar-refractivity contribution in [3.63, 3.8) is 0 Å². The normalized spacial score (nSPS) is 17.5. The van der Waals surface area contributed by atoms with Crippen LogP contribution in [-0.2, 0) is 9.59 Å². The monoisotopic (exact) mass is 321 g/mol. The highest BCUT2D eigenvalue weighted by atomic mass is 16.5. The van der Waals surface area contributed by atoms with Crippen molar-refractivity contribution >= 4 is 17.9 Å². The number of amides is 2. The fourth-order valence-electron chi connectivity index (χ4n) is 2.84. The van der Waals surface area contributed by atoms with Crippen LogP contribution in [0.5, 0.6) is 5.75 Å². The summed E-state index contributed by atoms with van der Waals surface area (Å²) in [6, 6.07) is 17.2. The third-order valence-electron chi connectivity index (χ3n) is 4.20. The molecule has 122 valence electrons. The van der Waals surface area contributed by atoms with Gasteiger partial charge in [-0.3, -0.25) is 14.5 Å². The summed E-state index contributed by atoms with van der Waals surface area (Å²) in [6.45, 7) is 0.420. The zero-order chi connectivity index (χ0) is 16.9. The van der Waals surface area contributed by atoms with Crippen molar-refractivity contribution < 1.29 is 14.3 Å². The molecular weight excluding hydrogens is 302 g/mol. The van der Waals surface area contributed by atoms with Crippen molar-refractivity contribution in [1.82, 2.24) is 4.90 Å². The summed E-state index contributed by atoms with van der Waals surface area (Å²) in [5.74, 6) is 0.428. The molecule has 0 saturated carbocycles. The molecule has 3 rings (SSSR count). The second-order valence-electron chi connectivity index (χ2n) is 5.76. The maximum atomic E-state index is 12.3. The SMILES string of the molecule is COc1ccc(C2CC(=O)N(C(=O)/C=C/c3ccccc3)C2)cc1. The molecule has 1 aliphatic rings. The number of likely N-dealkylation sites (tertiary alicyclic amines) is 1. The van der Waals surface area contributed by atoms with Gasteiger partial charge in [-0.15, -0.1) is 0 Å². The number of imide groups is 1. The lowest BCUT2D eigenvalue weighted by molar-refractivity contribution is -0.138. The molecule has 1 unspecified atom stereocenters. The molecule has 1 heterocycles. The maximum absolute atomic E-state index is 12.3. The van der Waals surface area contributed by atoms with Crippen LogP contribution in [0.4, 0.5) is 0 Å². The fourth-order valence-corrected chi connectivity index (χ4v) is 2.84. The summed E-state index contributed by atoms with van der Waals surface area (Å²) < 4.78 is 5.15. The van der Waals surface area contributed by atoms with Crippen molar-refractivity contribution in [3.8, 4) is 5.75 Å². The zero-order valence-electron chi connectivity index (χ0n) is 13.5. The molecule has 1 aliphatic heterocycles. The molecule has 0 radical (unpaired) electrons. The van der Waals surface area contributed by atoms with Crippen molar-refractivity contribution in [2.45, 2.75) is 12.3 Å². The van der Waals surface area contributed by atoms with Crippen LogP contribution in [0.1, 0.15) is 23.5 Å². The Labute approximate surface area is 141 Å². The van der Waals surface area contributed by atoms with Gasteiger partial charge in [-0.05, 0) is 29.3 Å². The predicted molar refractivity (Wildman–Crippen MR) is 92.5 cm³/mol. The zero-order valence-corrected chi connectivity index (χ0v) is 13.5. The Kier molecular flexibility index (Phi) is 4.75. The first-order valence-corrected chi connectivity index (χ1v) is 7.89. The summed E-state index contributed by atoms with van der Waals surface area (Å²) in [5.41, 5.74) is 1.98. The molecule has 24 heavy (non-hydrogen) atoms. The van der Waals surface area contributed by atoms with Gasteiger partial charge in [0.15, 0.2) is 0 Å². The minimum absolute atomic E-state index is 0.0393. The van der Waals surface area contributed by atoms with Gasteiger partial charge in [0.1, 0.15) is 5.75 Å². The van der Waals surface area contributed by atoms with E-state index in [0.29, 0.717) is 13.0 Å².